The van der Waals surface area contributed by atoms with E-state index in [1.807, 2.05) is 49.6 Å². The smallest absolute Gasteiger partial charge is 0.258 e. The van der Waals surface area contributed by atoms with Crippen molar-refractivity contribution in [1.29, 1.82) is 0 Å². The second-order valence-corrected chi connectivity index (χ2v) is 7.35. The lowest BCUT2D eigenvalue weighted by Crippen LogP contribution is -2.35. The van der Waals surface area contributed by atoms with Crippen molar-refractivity contribution in [3.05, 3.63) is 62.8 Å². The molecule has 0 aliphatic rings. The summed E-state index contributed by atoms with van der Waals surface area (Å²) in [6.07, 6.45) is 1.61. The van der Waals surface area contributed by atoms with Crippen molar-refractivity contribution in [2.75, 3.05) is 0 Å². The minimum atomic E-state index is -0.170. The van der Waals surface area contributed by atoms with Crippen LogP contribution in [0.1, 0.15) is 37.4 Å². The summed E-state index contributed by atoms with van der Waals surface area (Å²) in [6, 6.07) is 11.3. The van der Waals surface area contributed by atoms with Gasteiger partial charge >= 0.3 is 0 Å². The molecule has 0 fully saturated rings. The standard InChI is InChI=1S/C20H23N3O2S/c1-3-14(4-2)20(25)23(12-15-8-7-11-26-15)13-18-21-17-10-6-5-9-16(17)19(24)22-18/h5-11,14H,3-4,12-13H2,1-2H3,(H,21,22,24). The number of nitrogens with one attached hydrogen (secondary N) is 1. The van der Waals surface area contributed by atoms with Crippen molar-refractivity contribution >= 4 is 28.1 Å². The molecule has 0 spiro atoms. The number of para-hydroxylation sites is 1. The predicted molar refractivity (Wildman–Crippen MR) is 105 cm³/mol. The first-order valence-corrected chi connectivity index (χ1v) is 9.79. The second kappa shape index (κ2) is 8.27. The van der Waals surface area contributed by atoms with Crippen LogP contribution in [0, 0.1) is 5.92 Å². The summed E-state index contributed by atoms with van der Waals surface area (Å²) in [5, 5.41) is 2.57. The van der Waals surface area contributed by atoms with Crippen molar-refractivity contribution < 1.29 is 4.79 Å². The Morgan fingerprint density at radius 3 is 2.62 bits per heavy atom. The van der Waals surface area contributed by atoms with Gasteiger partial charge in [-0.2, -0.15) is 0 Å². The summed E-state index contributed by atoms with van der Waals surface area (Å²) >= 11 is 1.63. The van der Waals surface area contributed by atoms with Crippen LogP contribution in [0.3, 0.4) is 0 Å². The number of fused-ring (bicyclic) bond motifs is 1. The van der Waals surface area contributed by atoms with Gasteiger partial charge in [-0.3, -0.25) is 9.59 Å². The zero-order valence-electron chi connectivity index (χ0n) is 15.1. The van der Waals surface area contributed by atoms with E-state index in [2.05, 4.69) is 9.97 Å². The molecular formula is C20H23N3O2S. The molecule has 6 heteroatoms. The van der Waals surface area contributed by atoms with Gasteiger partial charge in [0.25, 0.3) is 5.56 Å². The van der Waals surface area contributed by atoms with Crippen LogP contribution >= 0.6 is 11.3 Å². The number of rotatable bonds is 7. The Morgan fingerprint density at radius 2 is 1.92 bits per heavy atom. The van der Waals surface area contributed by atoms with Crippen molar-refractivity contribution in [1.82, 2.24) is 14.9 Å². The molecule has 0 radical (unpaired) electrons. The van der Waals surface area contributed by atoms with Crippen LogP contribution in [0.4, 0.5) is 0 Å². The third-order valence-electron chi connectivity index (χ3n) is 4.58. The Hall–Kier alpha value is -2.47. The van der Waals surface area contributed by atoms with Crippen molar-refractivity contribution in [2.45, 2.75) is 39.8 Å². The Morgan fingerprint density at radius 1 is 1.15 bits per heavy atom. The number of hydrogen-bond acceptors (Lipinski definition) is 4. The predicted octanol–water partition coefficient (Wildman–Crippen LogP) is 3.95. The topological polar surface area (TPSA) is 66.1 Å². The first-order chi connectivity index (χ1) is 12.6. The Bertz CT molecular complexity index is 930. The number of amides is 1. The summed E-state index contributed by atoms with van der Waals surface area (Å²) < 4.78 is 0. The zero-order valence-corrected chi connectivity index (χ0v) is 15.9. The molecule has 0 saturated carbocycles. The highest BCUT2D eigenvalue weighted by atomic mass is 32.1. The van der Waals surface area contributed by atoms with Crippen LogP contribution in [0.5, 0.6) is 0 Å². The molecule has 0 unspecified atom stereocenters. The molecular weight excluding hydrogens is 346 g/mol. The molecule has 5 nitrogen and oxygen atoms in total. The first-order valence-electron chi connectivity index (χ1n) is 8.91. The van der Waals surface area contributed by atoms with E-state index in [1.165, 1.54) is 0 Å². The van der Waals surface area contributed by atoms with Gasteiger partial charge in [0.15, 0.2) is 0 Å². The highest BCUT2D eigenvalue weighted by Crippen LogP contribution is 2.19. The third-order valence-corrected chi connectivity index (χ3v) is 5.44. The summed E-state index contributed by atoms with van der Waals surface area (Å²) in [4.78, 5) is 35.6. The average molecular weight is 369 g/mol. The number of aromatic amines is 1. The highest BCUT2D eigenvalue weighted by Gasteiger charge is 2.23. The molecule has 0 aliphatic carbocycles. The molecule has 1 amide bonds. The van der Waals surface area contributed by atoms with Gasteiger partial charge in [-0.25, -0.2) is 4.98 Å². The molecule has 136 valence electrons. The fourth-order valence-electron chi connectivity index (χ4n) is 3.09. The molecule has 0 bridgehead atoms. The van der Waals surface area contributed by atoms with Crippen LogP contribution in [0.25, 0.3) is 10.9 Å². The molecule has 2 heterocycles. The monoisotopic (exact) mass is 369 g/mol. The maximum absolute atomic E-state index is 13.0. The molecule has 26 heavy (non-hydrogen) atoms. The van der Waals surface area contributed by atoms with E-state index < -0.39 is 0 Å². The summed E-state index contributed by atoms with van der Waals surface area (Å²) in [5.74, 6) is 0.617. The van der Waals surface area contributed by atoms with Gasteiger partial charge in [0.2, 0.25) is 5.91 Å². The number of hydrogen-bond donors (Lipinski definition) is 1. The van der Waals surface area contributed by atoms with Gasteiger partial charge < -0.3 is 9.88 Å². The third kappa shape index (κ3) is 4.02. The number of nitrogens with zero attached hydrogens (tertiary/aromatic N) is 2. The zero-order chi connectivity index (χ0) is 18.5. The average Bonchev–Trinajstić information content (AvgIpc) is 3.15. The Balaban J connectivity index is 1.92. The van der Waals surface area contributed by atoms with E-state index in [9.17, 15) is 9.59 Å². The van der Waals surface area contributed by atoms with Gasteiger partial charge in [-0.15, -0.1) is 11.3 Å². The fourth-order valence-corrected chi connectivity index (χ4v) is 3.81. The van der Waals surface area contributed by atoms with Crippen LogP contribution in [-0.2, 0) is 17.9 Å². The van der Waals surface area contributed by atoms with Gasteiger partial charge in [-0.1, -0.05) is 32.0 Å². The number of H-pyrrole nitrogens is 1. The molecule has 1 aromatic carbocycles. The van der Waals surface area contributed by atoms with Gasteiger partial charge in [0.1, 0.15) is 5.82 Å². The summed E-state index contributed by atoms with van der Waals surface area (Å²) in [7, 11) is 0. The highest BCUT2D eigenvalue weighted by molar-refractivity contribution is 7.09. The van der Waals surface area contributed by atoms with E-state index in [1.54, 1.807) is 22.3 Å². The van der Waals surface area contributed by atoms with Crippen molar-refractivity contribution in [3.63, 3.8) is 0 Å². The Labute approximate surface area is 156 Å². The molecule has 0 atom stereocenters. The molecule has 1 N–H and O–H groups in total. The molecule has 2 aromatic heterocycles. The number of aromatic nitrogens is 2. The summed E-state index contributed by atoms with van der Waals surface area (Å²) in [6.45, 7) is 4.90. The fraction of sp³-hybridized carbons (Fsp3) is 0.350. The van der Waals surface area contributed by atoms with Crippen LogP contribution in [-0.4, -0.2) is 20.8 Å². The lowest BCUT2D eigenvalue weighted by atomic mass is 10.0. The molecule has 0 aliphatic heterocycles. The van der Waals surface area contributed by atoms with E-state index in [-0.39, 0.29) is 17.4 Å². The minimum Gasteiger partial charge on any atom is -0.330 e. The number of thiophene rings is 1. The minimum absolute atomic E-state index is 0.0119. The van der Waals surface area contributed by atoms with Gasteiger partial charge in [0.05, 0.1) is 24.0 Å². The largest absolute Gasteiger partial charge is 0.330 e. The summed E-state index contributed by atoms with van der Waals surface area (Å²) in [5.41, 5.74) is 0.481. The lowest BCUT2D eigenvalue weighted by Gasteiger charge is -2.25. The number of carbonyl (C=O) groups excluding carboxylic acids is 1. The van der Waals surface area contributed by atoms with E-state index in [0.717, 1.165) is 17.7 Å². The first kappa shape index (κ1) is 18.3. The van der Waals surface area contributed by atoms with Crippen LogP contribution in [0.15, 0.2) is 46.6 Å². The van der Waals surface area contributed by atoms with Crippen molar-refractivity contribution in [2.24, 2.45) is 5.92 Å². The van der Waals surface area contributed by atoms with Crippen molar-refractivity contribution in [3.8, 4) is 0 Å². The molecule has 0 saturated heterocycles. The molecule has 3 rings (SSSR count). The number of benzene rings is 1. The lowest BCUT2D eigenvalue weighted by molar-refractivity contribution is -0.137. The second-order valence-electron chi connectivity index (χ2n) is 6.32. The van der Waals surface area contributed by atoms with E-state index in [4.69, 9.17) is 0 Å². The maximum atomic E-state index is 13.0. The quantitative estimate of drug-likeness (QED) is 0.686. The number of carbonyl (C=O) groups is 1. The normalized spacial score (nSPS) is 11.2. The maximum Gasteiger partial charge on any atom is 0.258 e. The van der Waals surface area contributed by atoms with Gasteiger partial charge in [-0.05, 0) is 36.4 Å². The van der Waals surface area contributed by atoms with Gasteiger partial charge in [0, 0.05) is 10.8 Å². The molecule has 3 aromatic rings. The van der Waals surface area contributed by atoms with Crippen LogP contribution in [0.2, 0.25) is 0 Å². The SMILES string of the molecule is CCC(CC)C(=O)N(Cc1nc2ccccc2c(=O)[nH]1)Cc1cccs1. The Kier molecular flexibility index (Phi) is 5.83. The van der Waals surface area contributed by atoms with E-state index in [0.29, 0.717) is 29.8 Å². The van der Waals surface area contributed by atoms with E-state index >= 15 is 0 Å². The van der Waals surface area contributed by atoms with Crippen LogP contribution < -0.4 is 5.56 Å².